The Balaban J connectivity index is 1.85. The zero-order valence-electron chi connectivity index (χ0n) is 12.0. The summed E-state index contributed by atoms with van der Waals surface area (Å²) >= 11 is 3.40. The summed E-state index contributed by atoms with van der Waals surface area (Å²) in [6.07, 6.45) is 1.59. The van der Waals surface area contributed by atoms with E-state index >= 15 is 0 Å². The minimum atomic E-state index is -0.525. The Morgan fingerprint density at radius 2 is 1.83 bits per heavy atom. The van der Waals surface area contributed by atoms with E-state index in [1.54, 1.807) is 6.08 Å². The van der Waals surface area contributed by atoms with Crippen LogP contribution < -0.4 is 15.4 Å². The quantitative estimate of drug-likeness (QED) is 0.639. The molecule has 3 rings (SSSR count). The summed E-state index contributed by atoms with van der Waals surface area (Å²) in [4.78, 5) is 22.8. The van der Waals surface area contributed by atoms with Gasteiger partial charge in [0.05, 0.1) is 0 Å². The molecule has 1 heterocycles. The molecule has 0 unspecified atom stereocenters. The molecule has 23 heavy (non-hydrogen) atoms. The molecule has 0 saturated carbocycles. The monoisotopic (exact) mass is 372 g/mol. The number of benzene rings is 2. The fourth-order valence-corrected chi connectivity index (χ4v) is 2.52. The molecule has 0 bridgehead atoms. The van der Waals surface area contributed by atoms with E-state index in [4.69, 9.17) is 4.74 Å². The van der Waals surface area contributed by atoms with E-state index in [0.29, 0.717) is 17.9 Å². The van der Waals surface area contributed by atoms with Gasteiger partial charge in [0, 0.05) is 10.0 Å². The molecule has 1 saturated heterocycles. The molecule has 1 aliphatic rings. The number of hydrogen-bond acceptors (Lipinski definition) is 3. The molecule has 6 heteroatoms. The fraction of sp³-hybridized carbons (Fsp3) is 0.0588. The smallest absolute Gasteiger partial charge is 0.326 e. The third-order valence-corrected chi connectivity index (χ3v) is 3.72. The van der Waals surface area contributed by atoms with Crippen molar-refractivity contribution in [3.63, 3.8) is 0 Å². The van der Waals surface area contributed by atoms with Crippen molar-refractivity contribution in [2.24, 2.45) is 0 Å². The first-order chi connectivity index (χ1) is 11.1. The van der Waals surface area contributed by atoms with E-state index in [1.807, 2.05) is 48.5 Å². The van der Waals surface area contributed by atoms with Gasteiger partial charge in [-0.05, 0) is 29.8 Å². The first-order valence-electron chi connectivity index (χ1n) is 6.92. The summed E-state index contributed by atoms with van der Waals surface area (Å²) in [7, 11) is 0. The van der Waals surface area contributed by atoms with Crippen LogP contribution in [0.25, 0.3) is 6.08 Å². The predicted molar refractivity (Wildman–Crippen MR) is 89.6 cm³/mol. The van der Waals surface area contributed by atoms with Crippen LogP contribution in [0.3, 0.4) is 0 Å². The topological polar surface area (TPSA) is 67.4 Å². The number of imide groups is 1. The molecule has 2 aromatic rings. The molecule has 0 atom stereocenters. The van der Waals surface area contributed by atoms with Gasteiger partial charge in [-0.2, -0.15) is 0 Å². The van der Waals surface area contributed by atoms with Gasteiger partial charge in [-0.1, -0.05) is 46.3 Å². The van der Waals surface area contributed by atoms with Crippen LogP contribution in [0, 0.1) is 0 Å². The molecular weight excluding hydrogens is 360 g/mol. The van der Waals surface area contributed by atoms with Gasteiger partial charge >= 0.3 is 6.03 Å². The highest BCUT2D eigenvalue weighted by molar-refractivity contribution is 9.10. The summed E-state index contributed by atoms with van der Waals surface area (Å²) in [5, 5.41) is 4.63. The number of hydrogen-bond donors (Lipinski definition) is 2. The summed E-state index contributed by atoms with van der Waals surface area (Å²) in [6, 6.07) is 14.8. The van der Waals surface area contributed by atoms with Crippen molar-refractivity contribution in [2.75, 3.05) is 0 Å². The van der Waals surface area contributed by atoms with E-state index in [9.17, 15) is 9.59 Å². The van der Waals surface area contributed by atoms with Crippen LogP contribution >= 0.6 is 15.9 Å². The van der Waals surface area contributed by atoms with E-state index < -0.39 is 11.9 Å². The maximum atomic E-state index is 11.6. The number of carbonyl (C=O) groups excluding carboxylic acids is 2. The van der Waals surface area contributed by atoms with Gasteiger partial charge in [0.1, 0.15) is 18.1 Å². The molecule has 2 N–H and O–H groups in total. The normalized spacial score (nSPS) is 15.4. The lowest BCUT2D eigenvalue weighted by atomic mass is 10.1. The first-order valence-corrected chi connectivity index (χ1v) is 7.71. The molecule has 1 aliphatic heterocycles. The van der Waals surface area contributed by atoms with E-state index in [1.165, 1.54) is 0 Å². The third kappa shape index (κ3) is 3.78. The number of carbonyl (C=O) groups is 2. The lowest BCUT2D eigenvalue weighted by molar-refractivity contribution is -0.115. The summed E-state index contributed by atoms with van der Waals surface area (Å²) in [5.41, 5.74) is 1.93. The average Bonchev–Trinajstić information content (AvgIpc) is 2.85. The Morgan fingerprint density at radius 3 is 2.52 bits per heavy atom. The molecule has 0 radical (unpaired) electrons. The number of ether oxygens (including phenoxy) is 1. The Hall–Kier alpha value is -2.60. The standard InChI is InChI=1S/C17H13BrN2O3/c18-13-6-7-15(23-10-11-4-2-1-3-5-11)12(8-13)9-14-16(21)20-17(22)19-14/h1-9H,10H2,(H2,19,20,21,22)/b14-9+. The largest absolute Gasteiger partial charge is 0.488 e. The summed E-state index contributed by atoms with van der Waals surface area (Å²) < 4.78 is 6.69. The number of urea groups is 1. The van der Waals surface area contributed by atoms with Crippen LogP contribution in [0.5, 0.6) is 5.75 Å². The van der Waals surface area contributed by atoms with Crippen LogP contribution in [-0.4, -0.2) is 11.9 Å². The maximum absolute atomic E-state index is 11.6. The lowest BCUT2D eigenvalue weighted by Gasteiger charge is -2.10. The second-order valence-electron chi connectivity index (χ2n) is 4.92. The van der Waals surface area contributed by atoms with Crippen molar-refractivity contribution in [3.05, 3.63) is 69.8 Å². The van der Waals surface area contributed by atoms with Crippen LogP contribution in [0.4, 0.5) is 4.79 Å². The maximum Gasteiger partial charge on any atom is 0.326 e. The Bertz CT molecular complexity index is 788. The van der Waals surface area contributed by atoms with Crippen molar-refractivity contribution in [1.82, 2.24) is 10.6 Å². The van der Waals surface area contributed by atoms with Crippen molar-refractivity contribution in [3.8, 4) is 5.75 Å². The van der Waals surface area contributed by atoms with Crippen molar-refractivity contribution in [2.45, 2.75) is 6.61 Å². The predicted octanol–water partition coefficient (Wildman–Crippen LogP) is 3.21. The minimum Gasteiger partial charge on any atom is -0.488 e. The third-order valence-electron chi connectivity index (χ3n) is 3.23. The van der Waals surface area contributed by atoms with Gasteiger partial charge in [-0.15, -0.1) is 0 Å². The Kier molecular flexibility index (Phi) is 4.43. The van der Waals surface area contributed by atoms with Crippen molar-refractivity contribution < 1.29 is 14.3 Å². The molecular formula is C17H13BrN2O3. The van der Waals surface area contributed by atoms with Gasteiger partial charge in [0.15, 0.2) is 0 Å². The van der Waals surface area contributed by atoms with Gasteiger partial charge in [-0.3, -0.25) is 10.1 Å². The van der Waals surface area contributed by atoms with E-state index in [2.05, 4.69) is 26.6 Å². The van der Waals surface area contributed by atoms with Crippen LogP contribution in [0.15, 0.2) is 58.7 Å². The molecule has 116 valence electrons. The average molecular weight is 373 g/mol. The highest BCUT2D eigenvalue weighted by atomic mass is 79.9. The zero-order chi connectivity index (χ0) is 16.2. The fourth-order valence-electron chi connectivity index (χ4n) is 2.14. The van der Waals surface area contributed by atoms with Crippen LogP contribution in [0.2, 0.25) is 0 Å². The number of halogens is 1. The minimum absolute atomic E-state index is 0.192. The molecule has 0 spiro atoms. The highest BCUT2D eigenvalue weighted by Crippen LogP contribution is 2.26. The number of rotatable bonds is 4. The van der Waals surface area contributed by atoms with Gasteiger partial charge in [-0.25, -0.2) is 4.79 Å². The van der Waals surface area contributed by atoms with Gasteiger partial charge in [0.25, 0.3) is 5.91 Å². The van der Waals surface area contributed by atoms with Crippen LogP contribution in [-0.2, 0) is 11.4 Å². The SMILES string of the molecule is O=C1NC(=O)/C(=C\c2cc(Br)ccc2OCc2ccccc2)N1. The van der Waals surface area contributed by atoms with Gasteiger partial charge in [0.2, 0.25) is 0 Å². The molecule has 0 aliphatic carbocycles. The molecule has 2 aromatic carbocycles. The highest BCUT2D eigenvalue weighted by Gasteiger charge is 2.23. The number of nitrogens with one attached hydrogen (secondary N) is 2. The molecule has 1 fully saturated rings. The summed E-state index contributed by atoms with van der Waals surface area (Å²) in [6.45, 7) is 0.414. The van der Waals surface area contributed by atoms with Crippen molar-refractivity contribution >= 4 is 33.9 Å². The second-order valence-corrected chi connectivity index (χ2v) is 5.84. The lowest BCUT2D eigenvalue weighted by Crippen LogP contribution is -2.22. The number of amides is 3. The molecule has 0 aromatic heterocycles. The summed E-state index contributed by atoms with van der Waals surface area (Å²) in [5.74, 6) is 0.169. The second kappa shape index (κ2) is 6.66. The molecule has 3 amide bonds. The van der Waals surface area contributed by atoms with E-state index in [-0.39, 0.29) is 5.70 Å². The Morgan fingerprint density at radius 1 is 1.04 bits per heavy atom. The van der Waals surface area contributed by atoms with Crippen molar-refractivity contribution in [1.29, 1.82) is 0 Å². The van der Waals surface area contributed by atoms with Gasteiger partial charge < -0.3 is 10.1 Å². The van der Waals surface area contributed by atoms with Crippen LogP contribution in [0.1, 0.15) is 11.1 Å². The Labute approximate surface area is 141 Å². The molecule has 5 nitrogen and oxygen atoms in total. The first kappa shape index (κ1) is 15.3. The zero-order valence-corrected chi connectivity index (χ0v) is 13.6. The van der Waals surface area contributed by atoms with E-state index in [0.717, 1.165) is 10.0 Å².